The second-order valence-corrected chi connectivity index (χ2v) is 5.79. The monoisotopic (exact) mass is 391 g/mol. The van der Waals surface area contributed by atoms with Gasteiger partial charge in [-0.25, -0.2) is 4.98 Å². The first-order valence-electron chi connectivity index (χ1n) is 8.12. The molecular weight excluding hydrogens is 372 g/mol. The number of nitrogens with zero attached hydrogens (tertiary/aromatic N) is 3. The molecule has 3 aromatic rings. The number of aryl methyl sites for hydroxylation is 1. The lowest BCUT2D eigenvalue weighted by Gasteiger charge is -2.17. The van der Waals surface area contributed by atoms with Crippen molar-refractivity contribution in [3.05, 3.63) is 36.3 Å². The van der Waals surface area contributed by atoms with Gasteiger partial charge in [0.1, 0.15) is 28.9 Å². The summed E-state index contributed by atoms with van der Waals surface area (Å²) < 4.78 is 41.9. The van der Waals surface area contributed by atoms with E-state index in [1.54, 1.807) is 25.4 Å². The quantitative estimate of drug-likeness (QED) is 0.622. The van der Waals surface area contributed by atoms with Crippen LogP contribution in [0.2, 0.25) is 0 Å². The maximum absolute atomic E-state index is 12.7. The second-order valence-electron chi connectivity index (χ2n) is 5.79. The summed E-state index contributed by atoms with van der Waals surface area (Å²) in [6.45, 7) is -1.29. The summed E-state index contributed by atoms with van der Waals surface area (Å²) >= 11 is 0. The number of rotatable bonds is 6. The molecule has 0 radical (unpaired) electrons. The maximum atomic E-state index is 12.7. The molecule has 28 heavy (non-hydrogen) atoms. The number of methoxy groups -OCH3 is 2. The lowest BCUT2D eigenvalue weighted by atomic mass is 10.2. The number of anilines is 2. The first kappa shape index (κ1) is 19.2. The van der Waals surface area contributed by atoms with E-state index in [4.69, 9.17) is 20.9 Å². The van der Waals surface area contributed by atoms with Gasteiger partial charge in [-0.15, -0.1) is 0 Å². The highest BCUT2D eigenvalue weighted by atomic mass is 19.3. The van der Waals surface area contributed by atoms with Gasteiger partial charge in [0, 0.05) is 23.9 Å². The smallest absolute Gasteiger partial charge is 0.387 e. The Kier molecular flexibility index (Phi) is 5.21. The van der Waals surface area contributed by atoms with E-state index < -0.39 is 6.61 Å². The van der Waals surface area contributed by atoms with Gasteiger partial charge in [-0.05, 0) is 13.0 Å². The van der Waals surface area contributed by atoms with Crippen LogP contribution in [0.5, 0.6) is 17.2 Å². The summed E-state index contributed by atoms with van der Waals surface area (Å²) in [7, 11) is 2.89. The Morgan fingerprint density at radius 3 is 2.43 bits per heavy atom. The lowest BCUT2D eigenvalue weighted by molar-refractivity contribution is -0.0499. The molecule has 0 amide bonds. The van der Waals surface area contributed by atoms with E-state index in [9.17, 15) is 8.78 Å². The van der Waals surface area contributed by atoms with Crippen LogP contribution in [0.15, 0.2) is 30.6 Å². The molecule has 0 aliphatic carbocycles. The van der Waals surface area contributed by atoms with Crippen LogP contribution in [-0.4, -0.2) is 35.4 Å². The van der Waals surface area contributed by atoms with Crippen LogP contribution in [0.3, 0.4) is 0 Å². The van der Waals surface area contributed by atoms with E-state index in [0.717, 1.165) is 0 Å². The highest BCUT2D eigenvalue weighted by molar-refractivity contribution is 5.75. The third-order valence-electron chi connectivity index (χ3n) is 4.08. The summed E-state index contributed by atoms with van der Waals surface area (Å²) in [5.74, 6) is 1.24. The fourth-order valence-electron chi connectivity index (χ4n) is 2.74. The summed E-state index contributed by atoms with van der Waals surface area (Å²) in [6.07, 6.45) is 3.12. The highest BCUT2D eigenvalue weighted by Gasteiger charge is 2.21. The van der Waals surface area contributed by atoms with E-state index in [-0.39, 0.29) is 28.7 Å². The van der Waals surface area contributed by atoms with E-state index in [1.165, 1.54) is 30.9 Å². The number of ether oxygens (including phenoxy) is 3. The van der Waals surface area contributed by atoms with Crippen LogP contribution >= 0.6 is 0 Å². The van der Waals surface area contributed by atoms with Gasteiger partial charge in [-0.1, -0.05) is 0 Å². The van der Waals surface area contributed by atoms with Crippen molar-refractivity contribution in [2.45, 2.75) is 13.5 Å². The zero-order valence-electron chi connectivity index (χ0n) is 15.4. The zero-order chi connectivity index (χ0) is 20.4. The van der Waals surface area contributed by atoms with Gasteiger partial charge >= 0.3 is 6.61 Å². The molecule has 3 rings (SSSR count). The number of nitrogens with two attached hydrogens (primary N) is 2. The number of imidazole rings is 1. The number of aromatic nitrogens is 3. The molecule has 8 nitrogen and oxygen atoms in total. The van der Waals surface area contributed by atoms with Gasteiger partial charge in [0.25, 0.3) is 0 Å². The van der Waals surface area contributed by atoms with E-state index in [2.05, 4.69) is 14.7 Å². The topological polar surface area (TPSA) is 110 Å². The summed E-state index contributed by atoms with van der Waals surface area (Å²) in [5.41, 5.74) is 14.0. The zero-order valence-corrected chi connectivity index (χ0v) is 15.4. The summed E-state index contributed by atoms with van der Waals surface area (Å²) in [6, 6.07) is 4.34. The number of benzene rings is 1. The number of alkyl halides is 2. The van der Waals surface area contributed by atoms with Crippen LogP contribution in [0.1, 0.15) is 5.69 Å². The fourth-order valence-corrected chi connectivity index (χ4v) is 2.74. The second kappa shape index (κ2) is 7.59. The van der Waals surface area contributed by atoms with Crippen molar-refractivity contribution in [3.8, 4) is 34.3 Å². The van der Waals surface area contributed by atoms with Crippen LogP contribution in [0.25, 0.3) is 17.1 Å². The number of nitrogen functional groups attached to an aromatic ring is 2. The lowest BCUT2D eigenvalue weighted by Crippen LogP contribution is -2.09. The number of hydrogen-bond acceptors (Lipinski definition) is 7. The normalized spacial score (nSPS) is 10.9. The Bertz CT molecular complexity index is 1010. The van der Waals surface area contributed by atoms with Gasteiger partial charge in [0.15, 0.2) is 0 Å². The molecule has 0 unspecified atom stereocenters. The maximum Gasteiger partial charge on any atom is 0.387 e. The standard InChI is InChI=1S/C18H19F2N5O3/c1-9-16(22)25(17(24-9)10-4-12(26-2)8-23-7-10)13-5-11(28-18(19)20)6-14(27-3)15(13)21/h4-8,18H,21-22H2,1-3H3. The minimum absolute atomic E-state index is 0.128. The average Bonchev–Trinajstić information content (AvgIpc) is 2.97. The van der Waals surface area contributed by atoms with Crippen LogP contribution in [0.4, 0.5) is 20.3 Å². The molecule has 4 N–H and O–H groups in total. The SMILES string of the molecule is COc1cncc(-c2nc(C)c(N)n2-c2cc(OC(F)F)cc(OC)c2N)c1. The Morgan fingerprint density at radius 1 is 1.04 bits per heavy atom. The van der Waals surface area contributed by atoms with Crippen molar-refractivity contribution >= 4 is 11.5 Å². The van der Waals surface area contributed by atoms with Crippen LogP contribution in [-0.2, 0) is 0 Å². The molecule has 0 fully saturated rings. The third-order valence-corrected chi connectivity index (χ3v) is 4.08. The molecule has 0 aliphatic rings. The van der Waals surface area contributed by atoms with Gasteiger partial charge < -0.3 is 25.7 Å². The number of hydrogen-bond donors (Lipinski definition) is 2. The third kappa shape index (κ3) is 3.48. The molecular formula is C18H19F2N5O3. The molecule has 0 saturated heterocycles. The molecule has 148 valence electrons. The molecule has 0 atom stereocenters. The first-order chi connectivity index (χ1) is 13.3. The van der Waals surface area contributed by atoms with Crippen LogP contribution in [0, 0.1) is 6.92 Å². The largest absolute Gasteiger partial charge is 0.495 e. The molecule has 1 aromatic carbocycles. The first-order valence-corrected chi connectivity index (χ1v) is 8.12. The molecule has 2 heterocycles. The van der Waals surface area contributed by atoms with E-state index >= 15 is 0 Å². The summed E-state index contributed by atoms with van der Waals surface area (Å²) in [5, 5.41) is 0. The van der Waals surface area contributed by atoms with Crippen molar-refractivity contribution in [1.29, 1.82) is 0 Å². The predicted octanol–water partition coefficient (Wildman–Crippen LogP) is 3.03. The summed E-state index contributed by atoms with van der Waals surface area (Å²) in [4.78, 5) is 8.60. The molecule has 2 aromatic heterocycles. The van der Waals surface area contributed by atoms with E-state index in [0.29, 0.717) is 22.8 Å². The van der Waals surface area contributed by atoms with Crippen molar-refractivity contribution in [3.63, 3.8) is 0 Å². The van der Waals surface area contributed by atoms with Gasteiger partial charge in [0.2, 0.25) is 0 Å². The Morgan fingerprint density at radius 2 is 1.79 bits per heavy atom. The van der Waals surface area contributed by atoms with Crippen molar-refractivity contribution in [1.82, 2.24) is 14.5 Å². The Balaban J connectivity index is 2.26. The number of halogens is 2. The van der Waals surface area contributed by atoms with Gasteiger partial charge in [0.05, 0.1) is 37.5 Å². The molecule has 0 spiro atoms. The van der Waals surface area contributed by atoms with Crippen molar-refractivity contribution < 1.29 is 23.0 Å². The minimum atomic E-state index is -3.01. The Hall–Kier alpha value is -3.56. The minimum Gasteiger partial charge on any atom is -0.495 e. The predicted molar refractivity (Wildman–Crippen MR) is 100 cm³/mol. The highest BCUT2D eigenvalue weighted by Crippen LogP contribution is 2.38. The van der Waals surface area contributed by atoms with E-state index in [1.807, 2.05) is 0 Å². The van der Waals surface area contributed by atoms with Crippen molar-refractivity contribution in [2.75, 3.05) is 25.7 Å². The Labute approximate surface area is 159 Å². The van der Waals surface area contributed by atoms with Crippen molar-refractivity contribution in [2.24, 2.45) is 0 Å². The van der Waals surface area contributed by atoms with Crippen LogP contribution < -0.4 is 25.7 Å². The molecule has 0 saturated carbocycles. The van der Waals surface area contributed by atoms with Gasteiger partial charge in [-0.2, -0.15) is 8.78 Å². The average molecular weight is 391 g/mol. The number of pyridine rings is 1. The molecule has 10 heteroatoms. The molecule has 0 bridgehead atoms. The van der Waals surface area contributed by atoms with Gasteiger partial charge in [-0.3, -0.25) is 9.55 Å². The molecule has 0 aliphatic heterocycles. The fraction of sp³-hybridized carbons (Fsp3) is 0.222.